The maximum absolute atomic E-state index is 12.3. The summed E-state index contributed by atoms with van der Waals surface area (Å²) >= 11 is 1.16. The monoisotopic (exact) mass is 353 g/mol. The molecule has 2 aliphatic rings. The smallest absolute Gasteiger partial charge is 0.307 e. The highest BCUT2D eigenvalue weighted by molar-refractivity contribution is 7.07. The number of aromatic nitrogens is 1. The Bertz CT molecular complexity index is 655. The molecule has 2 saturated heterocycles. The first-order valence-corrected chi connectivity index (χ1v) is 9.27. The number of ether oxygens (including phenoxy) is 1. The van der Waals surface area contributed by atoms with E-state index in [-0.39, 0.29) is 22.8 Å². The highest BCUT2D eigenvalue weighted by Gasteiger charge is 2.31. The molecule has 0 aliphatic carbocycles. The van der Waals surface area contributed by atoms with Gasteiger partial charge in [0.1, 0.15) is 6.10 Å². The van der Waals surface area contributed by atoms with Gasteiger partial charge in [-0.15, -0.1) is 0 Å². The van der Waals surface area contributed by atoms with Crippen LogP contribution in [0, 0.1) is 6.92 Å². The largest absolute Gasteiger partial charge is 0.368 e. The van der Waals surface area contributed by atoms with Crippen molar-refractivity contribution in [3.63, 3.8) is 0 Å². The van der Waals surface area contributed by atoms with Gasteiger partial charge in [-0.2, -0.15) is 0 Å². The number of rotatable bonds is 4. The van der Waals surface area contributed by atoms with Crippen LogP contribution in [0.5, 0.6) is 0 Å². The number of amides is 2. The summed E-state index contributed by atoms with van der Waals surface area (Å²) in [6.07, 6.45) is 1.76. The molecule has 2 amide bonds. The molecule has 0 N–H and O–H groups in total. The lowest BCUT2D eigenvalue weighted by molar-refractivity contribution is -0.146. The summed E-state index contributed by atoms with van der Waals surface area (Å²) in [5, 5.41) is 1.81. The zero-order valence-electron chi connectivity index (χ0n) is 13.9. The molecule has 132 valence electrons. The lowest BCUT2D eigenvalue weighted by atomic mass is 10.2. The fourth-order valence-electron chi connectivity index (χ4n) is 3.19. The van der Waals surface area contributed by atoms with Gasteiger partial charge in [-0.3, -0.25) is 14.4 Å². The minimum atomic E-state index is -0.291. The lowest BCUT2D eigenvalue weighted by Crippen LogP contribution is -2.53. The molecule has 2 fully saturated rings. The van der Waals surface area contributed by atoms with E-state index >= 15 is 0 Å². The second-order valence-corrected chi connectivity index (χ2v) is 7.07. The Morgan fingerprint density at radius 3 is 2.54 bits per heavy atom. The first-order valence-electron chi connectivity index (χ1n) is 8.39. The van der Waals surface area contributed by atoms with E-state index in [4.69, 9.17) is 4.74 Å². The average molecular weight is 353 g/mol. The Hall–Kier alpha value is -1.67. The number of hydrogen-bond donors (Lipinski definition) is 0. The second-order valence-electron chi connectivity index (χ2n) is 6.25. The predicted octanol–water partition coefficient (Wildman–Crippen LogP) is 0.458. The van der Waals surface area contributed by atoms with Gasteiger partial charge in [-0.05, 0) is 19.8 Å². The van der Waals surface area contributed by atoms with E-state index in [1.807, 2.05) is 12.3 Å². The van der Waals surface area contributed by atoms with Gasteiger partial charge in [0, 0.05) is 56.8 Å². The molecule has 1 atom stereocenters. The Labute approximate surface area is 144 Å². The third-order valence-corrected chi connectivity index (χ3v) is 5.56. The van der Waals surface area contributed by atoms with Crippen LogP contribution in [0.15, 0.2) is 10.2 Å². The van der Waals surface area contributed by atoms with Crippen LogP contribution in [-0.4, -0.2) is 65.1 Å². The number of thiazole rings is 1. The molecule has 1 aromatic rings. The third kappa shape index (κ3) is 3.70. The van der Waals surface area contributed by atoms with E-state index in [0.29, 0.717) is 45.8 Å². The predicted molar refractivity (Wildman–Crippen MR) is 90.1 cm³/mol. The Balaban J connectivity index is 1.46. The molecule has 0 spiro atoms. The van der Waals surface area contributed by atoms with E-state index in [9.17, 15) is 14.4 Å². The number of carbonyl (C=O) groups is 2. The highest BCUT2D eigenvalue weighted by Crippen LogP contribution is 2.16. The van der Waals surface area contributed by atoms with Gasteiger partial charge in [0.2, 0.25) is 5.91 Å². The summed E-state index contributed by atoms with van der Waals surface area (Å²) in [6, 6.07) is 0. The Morgan fingerprint density at radius 1 is 1.25 bits per heavy atom. The summed E-state index contributed by atoms with van der Waals surface area (Å²) in [5.74, 6) is 0.0942. The minimum absolute atomic E-state index is 0.0210. The SMILES string of the molecule is Cc1csc(=O)n1CCC(=O)N1CCN(C(=O)C2CCCO2)CC1. The molecule has 1 aromatic heterocycles. The molecule has 0 aromatic carbocycles. The fraction of sp³-hybridized carbons (Fsp3) is 0.688. The molecule has 2 aliphatic heterocycles. The maximum Gasteiger partial charge on any atom is 0.307 e. The van der Waals surface area contributed by atoms with Gasteiger partial charge in [0.25, 0.3) is 5.91 Å². The summed E-state index contributed by atoms with van der Waals surface area (Å²) in [4.78, 5) is 39.9. The van der Waals surface area contributed by atoms with Crippen molar-refractivity contribution in [1.82, 2.24) is 14.4 Å². The van der Waals surface area contributed by atoms with Crippen LogP contribution in [0.4, 0.5) is 0 Å². The molecule has 8 heteroatoms. The molecular formula is C16H23N3O4S. The summed E-state index contributed by atoms with van der Waals surface area (Å²) in [6.45, 7) is 5.17. The first kappa shape index (κ1) is 17.2. The van der Waals surface area contributed by atoms with Crippen molar-refractivity contribution in [2.24, 2.45) is 0 Å². The Morgan fingerprint density at radius 2 is 1.96 bits per heavy atom. The number of aryl methyl sites for hydroxylation is 1. The van der Waals surface area contributed by atoms with Crippen molar-refractivity contribution in [2.75, 3.05) is 32.8 Å². The Kier molecular flexibility index (Phi) is 5.35. The van der Waals surface area contributed by atoms with E-state index < -0.39 is 0 Å². The van der Waals surface area contributed by atoms with Gasteiger partial charge >= 0.3 is 4.87 Å². The fourth-order valence-corrected chi connectivity index (χ4v) is 3.95. The molecular weight excluding hydrogens is 330 g/mol. The van der Waals surface area contributed by atoms with Gasteiger partial charge in [0.15, 0.2) is 0 Å². The van der Waals surface area contributed by atoms with Gasteiger partial charge < -0.3 is 19.1 Å². The van der Waals surface area contributed by atoms with Crippen LogP contribution in [0.2, 0.25) is 0 Å². The van der Waals surface area contributed by atoms with Crippen molar-refractivity contribution in [1.29, 1.82) is 0 Å². The van der Waals surface area contributed by atoms with E-state index in [0.717, 1.165) is 29.9 Å². The number of nitrogens with zero attached hydrogens (tertiary/aromatic N) is 3. The molecule has 0 radical (unpaired) electrons. The van der Waals surface area contributed by atoms with Crippen molar-refractivity contribution >= 4 is 23.2 Å². The molecule has 3 heterocycles. The van der Waals surface area contributed by atoms with Crippen molar-refractivity contribution in [3.8, 4) is 0 Å². The highest BCUT2D eigenvalue weighted by atomic mass is 32.1. The van der Waals surface area contributed by atoms with Crippen molar-refractivity contribution in [2.45, 2.75) is 38.8 Å². The molecule has 7 nitrogen and oxygen atoms in total. The van der Waals surface area contributed by atoms with Gasteiger partial charge in [0.05, 0.1) is 0 Å². The normalized spacial score (nSPS) is 21.3. The summed E-state index contributed by atoms with van der Waals surface area (Å²) in [7, 11) is 0. The number of hydrogen-bond acceptors (Lipinski definition) is 5. The topological polar surface area (TPSA) is 71.9 Å². The minimum Gasteiger partial charge on any atom is -0.368 e. The lowest BCUT2D eigenvalue weighted by Gasteiger charge is -2.35. The standard InChI is InChI=1S/C16H23N3O4S/c1-12-11-24-16(22)19(12)5-4-14(20)17-6-8-18(9-7-17)15(21)13-3-2-10-23-13/h11,13H,2-10H2,1H3. The molecule has 24 heavy (non-hydrogen) atoms. The van der Waals surface area contributed by atoms with Crippen molar-refractivity contribution < 1.29 is 14.3 Å². The molecule has 0 bridgehead atoms. The van der Waals surface area contributed by atoms with Crippen LogP contribution in [-0.2, 0) is 20.9 Å². The number of carbonyl (C=O) groups excluding carboxylic acids is 2. The maximum atomic E-state index is 12.3. The van der Waals surface area contributed by atoms with Gasteiger partial charge in [-0.1, -0.05) is 11.3 Å². The zero-order chi connectivity index (χ0) is 17.1. The van der Waals surface area contributed by atoms with Crippen molar-refractivity contribution in [3.05, 3.63) is 20.7 Å². The van der Waals surface area contributed by atoms with E-state index in [2.05, 4.69) is 0 Å². The molecule has 1 unspecified atom stereocenters. The number of piperazine rings is 1. The average Bonchev–Trinajstić information content (AvgIpc) is 3.23. The van der Waals surface area contributed by atoms with Crippen LogP contribution in [0.25, 0.3) is 0 Å². The summed E-state index contributed by atoms with van der Waals surface area (Å²) in [5.41, 5.74) is 0.893. The second kappa shape index (κ2) is 7.48. The third-order valence-electron chi connectivity index (χ3n) is 4.67. The zero-order valence-corrected chi connectivity index (χ0v) is 14.7. The van der Waals surface area contributed by atoms with Crippen LogP contribution in [0.1, 0.15) is 25.0 Å². The van der Waals surface area contributed by atoms with Crippen LogP contribution in [0.3, 0.4) is 0 Å². The molecule has 0 saturated carbocycles. The van der Waals surface area contributed by atoms with Crippen LogP contribution < -0.4 is 4.87 Å². The van der Waals surface area contributed by atoms with E-state index in [1.165, 1.54) is 0 Å². The summed E-state index contributed by atoms with van der Waals surface area (Å²) < 4.78 is 7.08. The van der Waals surface area contributed by atoms with Crippen LogP contribution >= 0.6 is 11.3 Å². The van der Waals surface area contributed by atoms with Gasteiger partial charge in [-0.25, -0.2) is 0 Å². The van der Waals surface area contributed by atoms with E-state index in [1.54, 1.807) is 14.4 Å². The first-order chi connectivity index (χ1) is 11.6. The quantitative estimate of drug-likeness (QED) is 0.788. The molecule has 3 rings (SSSR count).